The van der Waals surface area contributed by atoms with Crippen LogP contribution in [0.15, 0.2) is 37.3 Å². The molecule has 33 heavy (non-hydrogen) atoms. The summed E-state index contributed by atoms with van der Waals surface area (Å²) in [5.41, 5.74) is 2.05. The molecule has 1 aromatic heterocycles. The Morgan fingerprint density at radius 1 is 1.30 bits per heavy atom. The van der Waals surface area contributed by atoms with E-state index in [1.54, 1.807) is 0 Å². The number of hydroxylamine groups is 1. The largest absolute Gasteiger partial charge is 0.469 e. The second kappa shape index (κ2) is 12.8. The molecule has 0 fully saturated rings. The van der Waals surface area contributed by atoms with E-state index in [1.165, 1.54) is 32.4 Å². The fourth-order valence-electron chi connectivity index (χ4n) is 2.24. The first kappa shape index (κ1) is 26.9. The molecule has 0 saturated carbocycles. The quantitative estimate of drug-likeness (QED) is 0.0908. The Bertz CT molecular complexity index is 1050. The van der Waals surface area contributed by atoms with E-state index in [0.717, 1.165) is 11.8 Å². The predicted octanol–water partition coefficient (Wildman–Crippen LogP) is 2.68. The lowest BCUT2D eigenvalue weighted by Crippen LogP contribution is -2.24. The van der Waals surface area contributed by atoms with Crippen LogP contribution in [0.1, 0.15) is 12.1 Å². The van der Waals surface area contributed by atoms with Gasteiger partial charge >= 0.3 is 11.9 Å². The van der Waals surface area contributed by atoms with Gasteiger partial charge in [0.25, 0.3) is 0 Å². The van der Waals surface area contributed by atoms with Gasteiger partial charge in [-0.15, -0.1) is 0 Å². The van der Waals surface area contributed by atoms with E-state index in [9.17, 15) is 23.8 Å². The van der Waals surface area contributed by atoms with Gasteiger partial charge in [0.2, 0.25) is 0 Å². The minimum absolute atomic E-state index is 0.00423. The van der Waals surface area contributed by atoms with Crippen LogP contribution in [0.25, 0.3) is 0 Å². The molecule has 180 valence electrons. The Labute approximate surface area is 200 Å². The third-order valence-corrected chi connectivity index (χ3v) is 9.00. The second-order valence-corrected chi connectivity index (χ2v) is 11.3. The number of nitrogens with zero attached hydrogens (tertiary/aromatic N) is 3. The third kappa shape index (κ3) is 8.19. The molecule has 3 N–H and O–H groups in total. The van der Waals surface area contributed by atoms with Crippen molar-refractivity contribution in [3.05, 3.63) is 34.2 Å². The minimum Gasteiger partial charge on any atom is -0.469 e. The highest BCUT2D eigenvalue weighted by Gasteiger charge is 2.27. The van der Waals surface area contributed by atoms with Gasteiger partial charge in [-0.25, -0.2) is 14.0 Å². The summed E-state index contributed by atoms with van der Waals surface area (Å²) in [4.78, 5) is 27.1. The van der Waals surface area contributed by atoms with Gasteiger partial charge in [0, 0.05) is 6.16 Å². The smallest absolute Gasteiger partial charge is 0.320 e. The molecule has 2 rings (SSSR count). The first-order valence-corrected chi connectivity index (χ1v) is 12.9. The molecule has 0 aliphatic carbocycles. The molecule has 0 bridgehead atoms. The van der Waals surface area contributed by atoms with Gasteiger partial charge in [-0.1, -0.05) is 11.8 Å². The highest BCUT2D eigenvalue weighted by molar-refractivity contribution is 9.10. The van der Waals surface area contributed by atoms with Crippen LogP contribution in [0.5, 0.6) is 0 Å². The van der Waals surface area contributed by atoms with E-state index < -0.39 is 25.0 Å². The predicted molar refractivity (Wildman–Crippen MR) is 119 cm³/mol. The standard InChI is InChI=1S/C17H20BrFN5O7PS/c1-29-13(25)5-6-32(28,20-8-14(26)30-2)9-33-17-15(23-31-24-17)16(22-27)21-10-3-4-12(19)11(18)7-10/h3-4,7,27H,5-6,8-9H2,1-2H3,(H,20,28)(H,21,22). The molecule has 0 aliphatic heterocycles. The Balaban J connectivity index is 2.21. The van der Waals surface area contributed by atoms with E-state index in [0.29, 0.717) is 0 Å². The van der Waals surface area contributed by atoms with Gasteiger partial charge < -0.3 is 14.0 Å². The van der Waals surface area contributed by atoms with Gasteiger partial charge in [0.1, 0.15) is 5.82 Å². The number of hydrogen-bond acceptors (Lipinski definition) is 11. The van der Waals surface area contributed by atoms with Crippen LogP contribution in [0.2, 0.25) is 0 Å². The number of nitrogens with one attached hydrogen (secondary N) is 2. The highest BCUT2D eigenvalue weighted by Crippen LogP contribution is 2.46. The van der Waals surface area contributed by atoms with Gasteiger partial charge in [0.15, 0.2) is 23.8 Å². The van der Waals surface area contributed by atoms with Gasteiger partial charge in [0.05, 0.1) is 42.8 Å². The number of esters is 2. The number of thioether (sulfide) groups is 1. The maximum absolute atomic E-state index is 13.4. The van der Waals surface area contributed by atoms with E-state index in [4.69, 9.17) is 4.63 Å². The normalized spacial score (nSPS) is 13.3. The van der Waals surface area contributed by atoms with Crippen LogP contribution in [-0.4, -0.2) is 65.7 Å². The summed E-state index contributed by atoms with van der Waals surface area (Å²) in [6, 6.07) is 3.93. The molecule has 1 atom stereocenters. The molecular weight excluding hydrogens is 548 g/mol. The van der Waals surface area contributed by atoms with Gasteiger partial charge in [-0.2, -0.15) is 0 Å². The molecule has 0 spiro atoms. The summed E-state index contributed by atoms with van der Waals surface area (Å²) in [5.74, 6) is -1.85. The molecule has 1 heterocycles. The number of rotatable bonds is 11. The van der Waals surface area contributed by atoms with Crippen LogP contribution in [0.3, 0.4) is 0 Å². The minimum atomic E-state index is -3.30. The van der Waals surface area contributed by atoms with Gasteiger partial charge in [-0.3, -0.25) is 25.4 Å². The van der Waals surface area contributed by atoms with Crippen LogP contribution < -0.4 is 10.6 Å². The van der Waals surface area contributed by atoms with Crippen molar-refractivity contribution in [1.29, 1.82) is 0 Å². The van der Waals surface area contributed by atoms with E-state index in [1.807, 2.05) is 5.48 Å². The van der Waals surface area contributed by atoms with Crippen molar-refractivity contribution in [1.82, 2.24) is 20.9 Å². The Kier molecular flexibility index (Phi) is 10.4. The lowest BCUT2D eigenvalue weighted by atomic mass is 10.3. The summed E-state index contributed by atoms with van der Waals surface area (Å²) in [6.07, 6.45) is -0.232. The van der Waals surface area contributed by atoms with Crippen LogP contribution in [0, 0.1) is 5.82 Å². The highest BCUT2D eigenvalue weighted by atomic mass is 79.9. The Morgan fingerprint density at radius 3 is 2.67 bits per heavy atom. The number of amidine groups is 1. The van der Waals surface area contributed by atoms with Crippen LogP contribution in [-0.2, 0) is 23.6 Å². The number of aliphatic imine (C=N–C) groups is 1. The van der Waals surface area contributed by atoms with Crippen molar-refractivity contribution in [2.75, 3.05) is 32.4 Å². The van der Waals surface area contributed by atoms with Crippen molar-refractivity contribution in [3.8, 4) is 0 Å². The number of aromatic nitrogens is 2. The van der Waals surface area contributed by atoms with Crippen LogP contribution >= 0.6 is 35.0 Å². The van der Waals surface area contributed by atoms with Crippen molar-refractivity contribution in [2.24, 2.45) is 4.99 Å². The molecule has 12 nitrogen and oxygen atoms in total. The zero-order chi connectivity index (χ0) is 24.4. The Morgan fingerprint density at radius 2 is 2.03 bits per heavy atom. The topological polar surface area (TPSA) is 165 Å². The van der Waals surface area contributed by atoms with Crippen molar-refractivity contribution in [3.63, 3.8) is 0 Å². The van der Waals surface area contributed by atoms with Crippen LogP contribution in [0.4, 0.5) is 10.1 Å². The zero-order valence-corrected chi connectivity index (χ0v) is 20.7. The Hall–Kier alpha value is -2.32. The lowest BCUT2D eigenvalue weighted by Gasteiger charge is -2.18. The number of methoxy groups -OCH3 is 2. The first-order chi connectivity index (χ1) is 15.7. The summed E-state index contributed by atoms with van der Waals surface area (Å²) in [7, 11) is -0.904. The molecule has 0 aliphatic rings. The monoisotopic (exact) mass is 567 g/mol. The number of ether oxygens (including phenoxy) is 2. The molecule has 0 saturated heterocycles. The molecule has 1 aromatic carbocycles. The molecule has 2 aromatic rings. The van der Waals surface area contributed by atoms with E-state index in [2.05, 4.69) is 45.8 Å². The lowest BCUT2D eigenvalue weighted by molar-refractivity contribution is -0.140. The molecular formula is C17H20BrFN5O7PS. The number of hydrogen-bond donors (Lipinski definition) is 3. The summed E-state index contributed by atoms with van der Waals surface area (Å²) >= 11 is 3.99. The number of carbonyl (C=O) groups is 2. The average molecular weight is 568 g/mol. The maximum atomic E-state index is 13.4. The number of benzene rings is 1. The molecule has 0 radical (unpaired) electrons. The van der Waals surface area contributed by atoms with Crippen molar-refractivity contribution in [2.45, 2.75) is 11.4 Å². The summed E-state index contributed by atoms with van der Waals surface area (Å²) < 4.78 is 40.8. The van der Waals surface area contributed by atoms with E-state index >= 15 is 0 Å². The SMILES string of the molecule is COC(=O)CCP(=O)(CSc1nonc1C(=Nc1ccc(F)c(Br)c1)NO)NCC(=O)OC. The van der Waals surface area contributed by atoms with Gasteiger partial charge in [-0.05, 0) is 44.4 Å². The maximum Gasteiger partial charge on any atom is 0.320 e. The molecule has 16 heteroatoms. The number of halogens is 2. The summed E-state index contributed by atoms with van der Waals surface area (Å²) in [6.45, 7) is -0.330. The fourth-order valence-corrected chi connectivity index (χ4v) is 6.29. The average Bonchev–Trinajstić information content (AvgIpc) is 3.29. The first-order valence-electron chi connectivity index (χ1n) is 9.07. The van der Waals surface area contributed by atoms with Crippen molar-refractivity contribution >= 4 is 58.4 Å². The van der Waals surface area contributed by atoms with E-state index in [-0.39, 0.29) is 51.3 Å². The fraction of sp³-hybridized carbons (Fsp3) is 0.353. The third-order valence-electron chi connectivity index (χ3n) is 3.99. The van der Waals surface area contributed by atoms with Crippen molar-refractivity contribution < 1.29 is 37.9 Å². The second-order valence-electron chi connectivity index (χ2n) is 6.21. The number of carbonyl (C=O) groups excluding carboxylic acids is 2. The summed E-state index contributed by atoms with van der Waals surface area (Å²) in [5, 5.41) is 19.7. The molecule has 1 unspecified atom stereocenters. The molecule has 0 amide bonds. The zero-order valence-electron chi connectivity index (χ0n) is 17.4.